The average molecular weight is 293 g/mol. The van der Waals surface area contributed by atoms with Crippen LogP contribution in [0.25, 0.3) is 11.0 Å². The van der Waals surface area contributed by atoms with E-state index < -0.39 is 0 Å². The fraction of sp³-hybridized carbons (Fsp3) is 0.353. The molecule has 5 nitrogen and oxygen atoms in total. The maximum Gasteiger partial charge on any atom is 0.132 e. The van der Waals surface area contributed by atoms with Crippen LogP contribution in [0.4, 0.5) is 5.82 Å². The SMILES string of the molecule is Cc1ccc2nc([C@H]3CCCN3c3ccnc(C)n3)[nH]c2c1. The van der Waals surface area contributed by atoms with Crippen molar-refractivity contribution in [2.75, 3.05) is 11.4 Å². The number of hydrogen-bond acceptors (Lipinski definition) is 4. The number of hydrogen-bond donors (Lipinski definition) is 1. The zero-order valence-corrected chi connectivity index (χ0v) is 12.9. The van der Waals surface area contributed by atoms with Crippen LogP contribution in [0, 0.1) is 13.8 Å². The van der Waals surface area contributed by atoms with Crippen molar-refractivity contribution >= 4 is 16.9 Å². The number of benzene rings is 1. The number of H-pyrrole nitrogens is 1. The molecule has 0 unspecified atom stereocenters. The molecule has 0 spiro atoms. The van der Waals surface area contributed by atoms with Crippen molar-refractivity contribution in [1.29, 1.82) is 0 Å². The number of nitrogens with zero attached hydrogens (tertiary/aromatic N) is 4. The molecule has 22 heavy (non-hydrogen) atoms. The maximum absolute atomic E-state index is 4.79. The summed E-state index contributed by atoms with van der Waals surface area (Å²) < 4.78 is 0. The minimum Gasteiger partial charge on any atom is -0.346 e. The average Bonchev–Trinajstić information content (AvgIpc) is 3.12. The van der Waals surface area contributed by atoms with Crippen molar-refractivity contribution in [2.45, 2.75) is 32.7 Å². The predicted octanol–water partition coefficient (Wildman–Crippen LogP) is 3.31. The Morgan fingerprint density at radius 3 is 2.95 bits per heavy atom. The lowest BCUT2D eigenvalue weighted by molar-refractivity contribution is 0.671. The fourth-order valence-corrected chi connectivity index (χ4v) is 3.23. The zero-order chi connectivity index (χ0) is 15.1. The lowest BCUT2D eigenvalue weighted by Crippen LogP contribution is -2.24. The van der Waals surface area contributed by atoms with Crippen LogP contribution in [-0.4, -0.2) is 26.5 Å². The van der Waals surface area contributed by atoms with Gasteiger partial charge >= 0.3 is 0 Å². The van der Waals surface area contributed by atoms with E-state index in [-0.39, 0.29) is 6.04 Å². The molecule has 0 saturated carbocycles. The van der Waals surface area contributed by atoms with Crippen LogP contribution in [0.1, 0.15) is 36.1 Å². The number of imidazole rings is 1. The topological polar surface area (TPSA) is 57.7 Å². The quantitative estimate of drug-likeness (QED) is 0.787. The van der Waals surface area contributed by atoms with Gasteiger partial charge in [-0.15, -0.1) is 0 Å². The van der Waals surface area contributed by atoms with Crippen LogP contribution < -0.4 is 4.90 Å². The largest absolute Gasteiger partial charge is 0.346 e. The number of nitrogens with one attached hydrogen (secondary N) is 1. The van der Waals surface area contributed by atoms with E-state index in [9.17, 15) is 0 Å². The number of anilines is 1. The van der Waals surface area contributed by atoms with E-state index in [1.54, 1.807) is 0 Å². The summed E-state index contributed by atoms with van der Waals surface area (Å²) in [4.78, 5) is 19.4. The normalized spacial score (nSPS) is 18.3. The Kier molecular flexibility index (Phi) is 3.06. The third-order valence-electron chi connectivity index (χ3n) is 4.28. The molecule has 1 aliphatic rings. The van der Waals surface area contributed by atoms with Gasteiger partial charge in [0.25, 0.3) is 0 Å². The molecule has 1 atom stereocenters. The van der Waals surface area contributed by atoms with E-state index in [4.69, 9.17) is 4.98 Å². The summed E-state index contributed by atoms with van der Waals surface area (Å²) in [6.45, 7) is 5.04. The molecule has 0 bridgehead atoms. The van der Waals surface area contributed by atoms with E-state index in [1.165, 1.54) is 5.56 Å². The summed E-state index contributed by atoms with van der Waals surface area (Å²) in [5.41, 5.74) is 3.39. The van der Waals surface area contributed by atoms with Gasteiger partial charge in [0.1, 0.15) is 17.5 Å². The first-order chi connectivity index (χ1) is 10.7. The first-order valence-electron chi connectivity index (χ1n) is 7.73. The minimum atomic E-state index is 0.266. The van der Waals surface area contributed by atoms with Gasteiger partial charge in [0.2, 0.25) is 0 Å². The van der Waals surface area contributed by atoms with E-state index in [2.05, 4.69) is 45.0 Å². The summed E-state index contributed by atoms with van der Waals surface area (Å²) in [6.07, 6.45) is 4.08. The predicted molar refractivity (Wildman–Crippen MR) is 86.9 cm³/mol. The van der Waals surface area contributed by atoms with Gasteiger partial charge in [-0.3, -0.25) is 0 Å². The first-order valence-corrected chi connectivity index (χ1v) is 7.73. The molecule has 1 N–H and O–H groups in total. The highest BCUT2D eigenvalue weighted by atomic mass is 15.3. The van der Waals surface area contributed by atoms with Crippen LogP contribution in [0.2, 0.25) is 0 Å². The molecule has 0 radical (unpaired) electrons. The van der Waals surface area contributed by atoms with Crippen LogP contribution in [0.5, 0.6) is 0 Å². The molecular formula is C17H19N5. The molecule has 112 valence electrons. The number of fused-ring (bicyclic) bond motifs is 1. The molecule has 0 aliphatic carbocycles. The van der Waals surface area contributed by atoms with Gasteiger partial charge in [-0.1, -0.05) is 6.07 Å². The van der Waals surface area contributed by atoms with Gasteiger partial charge in [0.05, 0.1) is 17.1 Å². The summed E-state index contributed by atoms with van der Waals surface area (Å²) in [5.74, 6) is 2.84. The monoisotopic (exact) mass is 293 g/mol. The molecule has 3 heterocycles. The number of aromatic amines is 1. The number of aryl methyl sites for hydroxylation is 2. The lowest BCUT2D eigenvalue weighted by atomic mass is 10.2. The summed E-state index contributed by atoms with van der Waals surface area (Å²) in [5, 5.41) is 0. The molecule has 1 saturated heterocycles. The Labute approximate surface area is 129 Å². The summed E-state index contributed by atoms with van der Waals surface area (Å²) in [7, 11) is 0. The smallest absolute Gasteiger partial charge is 0.132 e. The highest BCUT2D eigenvalue weighted by Crippen LogP contribution is 2.34. The van der Waals surface area contributed by atoms with E-state index in [0.29, 0.717) is 0 Å². The van der Waals surface area contributed by atoms with E-state index >= 15 is 0 Å². The molecular weight excluding hydrogens is 274 g/mol. The van der Waals surface area contributed by atoms with E-state index in [0.717, 1.165) is 47.9 Å². The number of aromatic nitrogens is 4. The van der Waals surface area contributed by atoms with Gasteiger partial charge < -0.3 is 9.88 Å². The second-order valence-corrected chi connectivity index (χ2v) is 5.96. The van der Waals surface area contributed by atoms with Crippen LogP contribution in [-0.2, 0) is 0 Å². The standard InChI is InChI=1S/C17H19N5/c1-11-5-6-13-14(10-11)21-17(20-13)15-4-3-9-22(15)16-7-8-18-12(2)19-16/h5-8,10,15H,3-4,9H2,1-2H3,(H,20,21)/t15-/m1/s1. The highest BCUT2D eigenvalue weighted by molar-refractivity contribution is 5.76. The molecule has 2 aromatic heterocycles. The van der Waals surface area contributed by atoms with Gasteiger partial charge in [-0.25, -0.2) is 15.0 Å². The Morgan fingerprint density at radius 1 is 1.18 bits per heavy atom. The lowest BCUT2D eigenvalue weighted by Gasteiger charge is -2.24. The summed E-state index contributed by atoms with van der Waals surface area (Å²) in [6, 6.07) is 8.59. The van der Waals surface area contributed by atoms with Crippen LogP contribution in [0.3, 0.4) is 0 Å². The molecule has 1 aromatic carbocycles. The molecule has 4 rings (SSSR count). The molecule has 1 fully saturated rings. The Hall–Kier alpha value is -2.43. The second kappa shape index (κ2) is 5.09. The van der Waals surface area contributed by atoms with Gasteiger partial charge in [0, 0.05) is 12.7 Å². The van der Waals surface area contributed by atoms with Crippen molar-refractivity contribution < 1.29 is 0 Å². The maximum atomic E-state index is 4.79. The Bertz CT molecular complexity index is 823. The molecule has 1 aliphatic heterocycles. The van der Waals surface area contributed by atoms with E-state index in [1.807, 2.05) is 19.2 Å². The van der Waals surface area contributed by atoms with Gasteiger partial charge in [-0.2, -0.15) is 0 Å². The van der Waals surface area contributed by atoms with Crippen molar-refractivity contribution in [1.82, 2.24) is 19.9 Å². The fourth-order valence-electron chi connectivity index (χ4n) is 3.23. The van der Waals surface area contributed by atoms with Crippen LogP contribution >= 0.6 is 0 Å². The zero-order valence-electron chi connectivity index (χ0n) is 12.9. The first kappa shape index (κ1) is 13.2. The van der Waals surface area contributed by atoms with Crippen LogP contribution in [0.15, 0.2) is 30.5 Å². The summed E-state index contributed by atoms with van der Waals surface area (Å²) >= 11 is 0. The Balaban J connectivity index is 1.73. The van der Waals surface area contributed by atoms with Gasteiger partial charge in [0.15, 0.2) is 0 Å². The van der Waals surface area contributed by atoms with Crippen molar-refractivity contribution in [2.24, 2.45) is 0 Å². The minimum absolute atomic E-state index is 0.266. The third kappa shape index (κ3) is 2.22. The second-order valence-electron chi connectivity index (χ2n) is 5.96. The van der Waals surface area contributed by atoms with Crippen molar-refractivity contribution in [3.63, 3.8) is 0 Å². The van der Waals surface area contributed by atoms with Crippen molar-refractivity contribution in [3.05, 3.63) is 47.7 Å². The van der Waals surface area contributed by atoms with Gasteiger partial charge in [-0.05, 0) is 50.5 Å². The Morgan fingerprint density at radius 2 is 2.09 bits per heavy atom. The third-order valence-corrected chi connectivity index (χ3v) is 4.28. The molecule has 3 aromatic rings. The molecule has 5 heteroatoms. The highest BCUT2D eigenvalue weighted by Gasteiger charge is 2.29. The molecule has 0 amide bonds. The van der Waals surface area contributed by atoms with Crippen molar-refractivity contribution in [3.8, 4) is 0 Å². The number of rotatable bonds is 2.